The Morgan fingerprint density at radius 1 is 1.14 bits per heavy atom. The van der Waals surface area contributed by atoms with Gasteiger partial charge < -0.3 is 10.2 Å². The van der Waals surface area contributed by atoms with Crippen LogP contribution in [0.1, 0.15) is 24.0 Å². The van der Waals surface area contributed by atoms with Crippen molar-refractivity contribution in [3.63, 3.8) is 0 Å². The molecule has 1 saturated heterocycles. The maximum absolute atomic E-state index is 12.6. The minimum Gasteiger partial charge on any atom is -0.333 e. The number of nitrogens with one attached hydrogen (secondary N) is 1. The average Bonchev–Trinajstić information content (AvgIpc) is 2.89. The maximum atomic E-state index is 12.6. The zero-order chi connectivity index (χ0) is 15.0. The first-order chi connectivity index (χ1) is 9.95. The standard InChI is InChI=1S/C15H17F3N2O/c16-15(17,18)12-5-6-13(19-7-12)14(21)20-8-10-3-1-2-4-11(10)9-20/h1-4,12-13,19H,5-9H2. The number of fused-ring (bicyclic) bond motifs is 1. The molecular formula is C15H17F3N2O. The molecule has 2 unspecified atom stereocenters. The predicted octanol–water partition coefficient (Wildman–Crippen LogP) is 2.46. The number of halogens is 3. The smallest absolute Gasteiger partial charge is 0.333 e. The topological polar surface area (TPSA) is 32.3 Å². The maximum Gasteiger partial charge on any atom is 0.393 e. The lowest BCUT2D eigenvalue weighted by molar-refractivity contribution is -0.180. The highest BCUT2D eigenvalue weighted by Gasteiger charge is 2.43. The van der Waals surface area contributed by atoms with E-state index in [0.717, 1.165) is 11.1 Å². The van der Waals surface area contributed by atoms with Crippen molar-refractivity contribution in [3.05, 3.63) is 35.4 Å². The van der Waals surface area contributed by atoms with Gasteiger partial charge in [0.1, 0.15) is 0 Å². The zero-order valence-corrected chi connectivity index (χ0v) is 11.5. The molecule has 21 heavy (non-hydrogen) atoms. The largest absolute Gasteiger partial charge is 0.393 e. The summed E-state index contributed by atoms with van der Waals surface area (Å²) >= 11 is 0. The summed E-state index contributed by atoms with van der Waals surface area (Å²) in [5.74, 6) is -1.43. The Bertz CT molecular complexity index is 511. The lowest BCUT2D eigenvalue weighted by Crippen LogP contribution is -2.51. The van der Waals surface area contributed by atoms with Crippen LogP contribution in [0.2, 0.25) is 0 Å². The van der Waals surface area contributed by atoms with Crippen molar-refractivity contribution in [2.24, 2.45) is 5.92 Å². The molecule has 0 bridgehead atoms. The molecule has 0 aromatic heterocycles. The molecule has 0 saturated carbocycles. The monoisotopic (exact) mass is 298 g/mol. The summed E-state index contributed by atoms with van der Waals surface area (Å²) < 4.78 is 37.8. The number of carbonyl (C=O) groups excluding carboxylic acids is 1. The number of amides is 1. The van der Waals surface area contributed by atoms with Crippen molar-refractivity contribution in [1.82, 2.24) is 10.2 Å². The molecule has 0 radical (unpaired) electrons. The van der Waals surface area contributed by atoms with E-state index in [-0.39, 0.29) is 25.3 Å². The molecule has 0 spiro atoms. The van der Waals surface area contributed by atoms with E-state index < -0.39 is 18.1 Å². The second kappa shape index (κ2) is 5.33. The molecule has 2 aliphatic rings. The Balaban J connectivity index is 1.59. The molecule has 2 atom stereocenters. The number of benzene rings is 1. The summed E-state index contributed by atoms with van der Waals surface area (Å²) in [7, 11) is 0. The van der Waals surface area contributed by atoms with Crippen LogP contribution >= 0.6 is 0 Å². The number of piperidine rings is 1. The third-order valence-electron chi connectivity index (χ3n) is 4.33. The SMILES string of the molecule is O=C(C1CCC(C(F)(F)F)CN1)N1Cc2ccccc2C1. The summed E-state index contributed by atoms with van der Waals surface area (Å²) in [6.07, 6.45) is -3.91. The van der Waals surface area contributed by atoms with Crippen molar-refractivity contribution in [3.8, 4) is 0 Å². The molecular weight excluding hydrogens is 281 g/mol. The van der Waals surface area contributed by atoms with E-state index >= 15 is 0 Å². The fraction of sp³-hybridized carbons (Fsp3) is 0.533. The molecule has 1 aromatic rings. The van der Waals surface area contributed by atoms with E-state index in [0.29, 0.717) is 13.1 Å². The van der Waals surface area contributed by atoms with Crippen LogP contribution in [0.25, 0.3) is 0 Å². The van der Waals surface area contributed by atoms with Crippen LogP contribution in [0.3, 0.4) is 0 Å². The number of nitrogens with zero attached hydrogens (tertiary/aromatic N) is 1. The number of rotatable bonds is 1. The molecule has 1 N–H and O–H groups in total. The van der Waals surface area contributed by atoms with Crippen molar-refractivity contribution in [2.75, 3.05) is 6.54 Å². The zero-order valence-electron chi connectivity index (χ0n) is 11.5. The molecule has 114 valence electrons. The van der Waals surface area contributed by atoms with Gasteiger partial charge in [-0.05, 0) is 24.0 Å². The molecule has 0 aliphatic carbocycles. The van der Waals surface area contributed by atoms with Crippen LogP contribution in [0.15, 0.2) is 24.3 Å². The van der Waals surface area contributed by atoms with Gasteiger partial charge in [-0.3, -0.25) is 4.79 Å². The van der Waals surface area contributed by atoms with Gasteiger partial charge in [-0.2, -0.15) is 13.2 Å². The first kappa shape index (κ1) is 14.4. The van der Waals surface area contributed by atoms with Crippen molar-refractivity contribution in [2.45, 2.75) is 38.1 Å². The van der Waals surface area contributed by atoms with Crippen LogP contribution in [0.4, 0.5) is 13.2 Å². The first-order valence-corrected chi connectivity index (χ1v) is 7.11. The lowest BCUT2D eigenvalue weighted by atomic mass is 9.93. The number of carbonyl (C=O) groups is 1. The van der Waals surface area contributed by atoms with Crippen molar-refractivity contribution in [1.29, 1.82) is 0 Å². The molecule has 2 heterocycles. The fourth-order valence-corrected chi connectivity index (χ4v) is 3.06. The molecule has 3 nitrogen and oxygen atoms in total. The highest BCUT2D eigenvalue weighted by Crippen LogP contribution is 2.32. The summed E-state index contributed by atoms with van der Waals surface area (Å²) in [6.45, 7) is 0.937. The van der Waals surface area contributed by atoms with Gasteiger partial charge in [-0.1, -0.05) is 24.3 Å². The van der Waals surface area contributed by atoms with E-state index in [4.69, 9.17) is 0 Å². The van der Waals surface area contributed by atoms with Gasteiger partial charge >= 0.3 is 6.18 Å². The predicted molar refractivity (Wildman–Crippen MR) is 71.3 cm³/mol. The first-order valence-electron chi connectivity index (χ1n) is 7.11. The summed E-state index contributed by atoms with van der Waals surface area (Å²) in [4.78, 5) is 14.1. The summed E-state index contributed by atoms with van der Waals surface area (Å²) in [6, 6.07) is 7.34. The van der Waals surface area contributed by atoms with Gasteiger partial charge in [-0.15, -0.1) is 0 Å². The molecule has 2 aliphatic heterocycles. The van der Waals surface area contributed by atoms with Crippen LogP contribution < -0.4 is 5.32 Å². The normalized spacial score (nSPS) is 25.8. The van der Waals surface area contributed by atoms with Gasteiger partial charge in [0.15, 0.2) is 0 Å². The molecule has 1 fully saturated rings. The molecule has 3 rings (SSSR count). The Morgan fingerprint density at radius 3 is 2.24 bits per heavy atom. The number of hydrogen-bond donors (Lipinski definition) is 1. The van der Waals surface area contributed by atoms with Gasteiger partial charge in [0.25, 0.3) is 0 Å². The second-order valence-corrected chi connectivity index (χ2v) is 5.74. The van der Waals surface area contributed by atoms with Gasteiger partial charge in [0.05, 0.1) is 12.0 Å². The van der Waals surface area contributed by atoms with E-state index in [1.54, 1.807) is 4.90 Å². The van der Waals surface area contributed by atoms with E-state index in [1.165, 1.54) is 0 Å². The van der Waals surface area contributed by atoms with Gasteiger partial charge in [0, 0.05) is 19.6 Å². The van der Waals surface area contributed by atoms with Crippen LogP contribution in [-0.4, -0.2) is 29.6 Å². The highest BCUT2D eigenvalue weighted by atomic mass is 19.4. The summed E-state index contributed by atoms with van der Waals surface area (Å²) in [5.41, 5.74) is 2.24. The number of alkyl halides is 3. The minimum absolute atomic E-state index is 0.0215. The second-order valence-electron chi connectivity index (χ2n) is 5.74. The highest BCUT2D eigenvalue weighted by molar-refractivity contribution is 5.82. The minimum atomic E-state index is -4.18. The quantitative estimate of drug-likeness (QED) is 0.864. The van der Waals surface area contributed by atoms with E-state index in [1.807, 2.05) is 24.3 Å². The van der Waals surface area contributed by atoms with Crippen LogP contribution in [0.5, 0.6) is 0 Å². The fourth-order valence-electron chi connectivity index (χ4n) is 3.06. The number of hydrogen-bond acceptors (Lipinski definition) is 2. The molecule has 1 amide bonds. The van der Waals surface area contributed by atoms with Crippen LogP contribution in [-0.2, 0) is 17.9 Å². The summed E-state index contributed by atoms with van der Waals surface area (Å²) in [5, 5.41) is 2.77. The van der Waals surface area contributed by atoms with Gasteiger partial charge in [0.2, 0.25) is 5.91 Å². The van der Waals surface area contributed by atoms with Crippen LogP contribution in [0, 0.1) is 5.92 Å². The van der Waals surface area contributed by atoms with E-state index in [2.05, 4.69) is 5.32 Å². The molecule has 6 heteroatoms. The third kappa shape index (κ3) is 2.90. The van der Waals surface area contributed by atoms with Gasteiger partial charge in [-0.25, -0.2) is 0 Å². The Morgan fingerprint density at radius 2 is 1.76 bits per heavy atom. The van der Waals surface area contributed by atoms with Crippen molar-refractivity contribution < 1.29 is 18.0 Å². The molecule has 1 aromatic carbocycles. The van der Waals surface area contributed by atoms with Crippen molar-refractivity contribution >= 4 is 5.91 Å². The average molecular weight is 298 g/mol. The Hall–Kier alpha value is -1.56. The lowest BCUT2D eigenvalue weighted by Gasteiger charge is -2.32. The Kier molecular flexibility index (Phi) is 3.65. The Labute approximate surface area is 121 Å². The third-order valence-corrected chi connectivity index (χ3v) is 4.33. The van der Waals surface area contributed by atoms with E-state index in [9.17, 15) is 18.0 Å².